The Hall–Kier alpha value is -2.32. The molecule has 6 nitrogen and oxygen atoms in total. The monoisotopic (exact) mass is 543 g/mol. The van der Waals surface area contributed by atoms with E-state index in [0.29, 0.717) is 6.61 Å². The van der Waals surface area contributed by atoms with E-state index in [9.17, 15) is 4.79 Å². The van der Waals surface area contributed by atoms with Gasteiger partial charge in [-0.05, 0) is 73.7 Å². The minimum absolute atomic E-state index is 0.145. The van der Waals surface area contributed by atoms with Gasteiger partial charge in [-0.3, -0.25) is 4.90 Å². The Bertz CT molecular complexity index is 1160. The molecule has 0 spiro atoms. The summed E-state index contributed by atoms with van der Waals surface area (Å²) < 4.78 is 13.9. The van der Waals surface area contributed by atoms with Crippen LogP contribution in [0.3, 0.4) is 0 Å². The molecule has 1 aromatic heterocycles. The fourth-order valence-electron chi connectivity index (χ4n) is 4.80. The van der Waals surface area contributed by atoms with Gasteiger partial charge in [-0.2, -0.15) is 0 Å². The first-order chi connectivity index (χ1) is 16.3. The quantitative estimate of drug-likeness (QED) is 0.370. The van der Waals surface area contributed by atoms with Crippen molar-refractivity contribution in [3.63, 3.8) is 0 Å². The number of aromatic nitrogens is 1. The molecule has 2 saturated heterocycles. The van der Waals surface area contributed by atoms with Gasteiger partial charge in [0.1, 0.15) is 23.5 Å². The number of carbonyl (C=O) groups is 1. The van der Waals surface area contributed by atoms with Crippen LogP contribution in [0.4, 0.5) is 9.93 Å². The zero-order chi connectivity index (χ0) is 23.9. The second kappa shape index (κ2) is 9.38. The van der Waals surface area contributed by atoms with Crippen molar-refractivity contribution in [2.75, 3.05) is 18.0 Å². The fraction of sp³-hybridized carbons (Fsp3) is 0.462. The lowest BCUT2D eigenvalue weighted by molar-refractivity contribution is -0.00969. The van der Waals surface area contributed by atoms with Crippen molar-refractivity contribution in [2.45, 2.75) is 64.3 Å². The number of fused-ring (bicyclic) bond motifs is 3. The summed E-state index contributed by atoms with van der Waals surface area (Å²) in [5, 5.41) is 0.979. The summed E-state index contributed by atoms with van der Waals surface area (Å²) in [6, 6.07) is 14.5. The van der Waals surface area contributed by atoms with Crippen LogP contribution < -0.4 is 9.64 Å². The predicted octanol–water partition coefficient (Wildman–Crippen LogP) is 6.62. The van der Waals surface area contributed by atoms with E-state index >= 15 is 0 Å². The highest BCUT2D eigenvalue weighted by Crippen LogP contribution is 2.41. The van der Waals surface area contributed by atoms with Crippen molar-refractivity contribution in [2.24, 2.45) is 0 Å². The number of benzene rings is 2. The Labute approximate surface area is 213 Å². The lowest BCUT2D eigenvalue weighted by Crippen LogP contribution is -2.63. The van der Waals surface area contributed by atoms with Crippen LogP contribution in [0.25, 0.3) is 10.2 Å². The maximum Gasteiger partial charge on any atom is 0.410 e. The third-order valence-corrected chi connectivity index (χ3v) is 8.05. The number of rotatable bonds is 4. The maximum atomic E-state index is 12.9. The van der Waals surface area contributed by atoms with Gasteiger partial charge in [-0.1, -0.05) is 41.7 Å². The highest BCUT2D eigenvalue weighted by Gasteiger charge is 2.42. The number of hydrogen-bond donors (Lipinski definition) is 0. The minimum Gasteiger partial charge on any atom is -0.487 e. The summed E-state index contributed by atoms with van der Waals surface area (Å²) in [6.45, 7) is 7.83. The van der Waals surface area contributed by atoms with Crippen LogP contribution >= 0.6 is 27.3 Å². The normalized spacial score (nSPS) is 20.5. The number of amides is 1. The first-order valence-electron chi connectivity index (χ1n) is 11.8. The van der Waals surface area contributed by atoms with Gasteiger partial charge in [0.15, 0.2) is 5.13 Å². The highest BCUT2D eigenvalue weighted by molar-refractivity contribution is 9.10. The summed E-state index contributed by atoms with van der Waals surface area (Å²) in [5.41, 5.74) is 1.57. The average molecular weight is 545 g/mol. The molecule has 0 radical (unpaired) electrons. The van der Waals surface area contributed by atoms with Crippen molar-refractivity contribution < 1.29 is 14.3 Å². The van der Waals surface area contributed by atoms with Gasteiger partial charge in [0.05, 0.1) is 16.8 Å². The Kier molecular flexibility index (Phi) is 6.46. The molecular weight excluding hydrogens is 514 g/mol. The van der Waals surface area contributed by atoms with Crippen LogP contribution in [0.2, 0.25) is 0 Å². The molecular formula is C26H30BrN3O3S. The second-order valence-corrected chi connectivity index (χ2v) is 11.9. The standard InChI is InChI=1S/C26H30BrN3O3S/c1-26(2,3)33-25(31)30-18-10-7-11-19(30)15-29(14-18)24-28-22-20(27)12-13-21(23(22)34-24)32-16-17-8-5-4-6-9-17/h4-6,8-9,12-13,18-19H,7,10-11,14-16H2,1-3H3. The summed E-state index contributed by atoms with van der Waals surface area (Å²) in [5.74, 6) is 0.846. The molecule has 0 saturated carbocycles. The Morgan fingerprint density at radius 1 is 1.12 bits per heavy atom. The van der Waals surface area contributed by atoms with Crippen molar-refractivity contribution in [3.8, 4) is 5.75 Å². The number of piperidine rings is 1. The molecule has 2 aliphatic heterocycles. The molecule has 2 aromatic carbocycles. The van der Waals surface area contributed by atoms with Crippen LogP contribution in [0.5, 0.6) is 5.75 Å². The van der Waals surface area contributed by atoms with Gasteiger partial charge in [-0.15, -0.1) is 0 Å². The molecule has 2 fully saturated rings. The van der Waals surface area contributed by atoms with Crippen molar-refractivity contribution in [1.82, 2.24) is 9.88 Å². The molecule has 1 amide bonds. The zero-order valence-electron chi connectivity index (χ0n) is 19.8. The molecule has 5 rings (SSSR count). The third-order valence-electron chi connectivity index (χ3n) is 6.28. The van der Waals surface area contributed by atoms with E-state index in [1.807, 2.05) is 56.0 Å². The van der Waals surface area contributed by atoms with Crippen molar-refractivity contribution in [1.29, 1.82) is 0 Å². The number of ether oxygens (including phenoxy) is 2. The van der Waals surface area contributed by atoms with Gasteiger partial charge in [0.2, 0.25) is 0 Å². The topological polar surface area (TPSA) is 54.9 Å². The molecule has 34 heavy (non-hydrogen) atoms. The molecule has 2 bridgehead atoms. The van der Waals surface area contributed by atoms with Gasteiger partial charge in [0.25, 0.3) is 0 Å². The molecule has 2 atom stereocenters. The van der Waals surface area contributed by atoms with Crippen LogP contribution in [0.15, 0.2) is 46.9 Å². The second-order valence-electron chi connectivity index (χ2n) is 10.0. The third kappa shape index (κ3) is 4.89. The number of anilines is 1. The summed E-state index contributed by atoms with van der Waals surface area (Å²) >= 11 is 5.33. The lowest BCUT2D eigenvalue weighted by Gasteiger charge is -2.49. The molecule has 0 N–H and O–H groups in total. The summed E-state index contributed by atoms with van der Waals surface area (Å²) in [7, 11) is 0. The smallest absolute Gasteiger partial charge is 0.410 e. The number of thiazole rings is 1. The Morgan fingerprint density at radius 3 is 2.50 bits per heavy atom. The van der Waals surface area contributed by atoms with E-state index in [1.165, 1.54) is 0 Å². The summed E-state index contributed by atoms with van der Waals surface area (Å²) in [4.78, 5) is 22.3. The first kappa shape index (κ1) is 23.4. The van der Waals surface area contributed by atoms with Gasteiger partial charge < -0.3 is 14.4 Å². The molecule has 2 unspecified atom stereocenters. The molecule has 3 heterocycles. The molecule has 8 heteroatoms. The predicted molar refractivity (Wildman–Crippen MR) is 140 cm³/mol. The lowest BCUT2D eigenvalue weighted by atomic mass is 9.92. The Morgan fingerprint density at radius 2 is 1.82 bits per heavy atom. The number of hydrogen-bond acceptors (Lipinski definition) is 6. The van der Waals surface area contributed by atoms with Gasteiger partial charge >= 0.3 is 6.09 Å². The zero-order valence-corrected chi connectivity index (χ0v) is 22.2. The van der Waals surface area contributed by atoms with Crippen molar-refractivity contribution in [3.05, 3.63) is 52.5 Å². The largest absolute Gasteiger partial charge is 0.487 e. The molecule has 3 aromatic rings. The first-order valence-corrected chi connectivity index (χ1v) is 13.4. The van der Waals surface area contributed by atoms with Gasteiger partial charge in [-0.25, -0.2) is 9.78 Å². The molecule has 2 aliphatic rings. The van der Waals surface area contributed by atoms with E-state index in [2.05, 4.69) is 33.0 Å². The van der Waals surface area contributed by atoms with Crippen LogP contribution in [0, 0.1) is 0 Å². The van der Waals surface area contributed by atoms with Crippen molar-refractivity contribution >= 4 is 48.7 Å². The number of piperazine rings is 1. The van der Waals surface area contributed by atoms with E-state index in [0.717, 1.165) is 63.5 Å². The molecule has 180 valence electrons. The number of carbonyl (C=O) groups excluding carboxylic acids is 1. The van der Waals surface area contributed by atoms with E-state index < -0.39 is 5.60 Å². The highest BCUT2D eigenvalue weighted by atomic mass is 79.9. The number of halogens is 1. The van der Waals surface area contributed by atoms with Crippen LogP contribution in [-0.4, -0.2) is 46.8 Å². The average Bonchev–Trinajstić information content (AvgIpc) is 3.24. The SMILES string of the molecule is CC(C)(C)OC(=O)N1C2CCCC1CN(c1nc3c(Br)ccc(OCc4ccccc4)c3s1)C2. The van der Waals surface area contributed by atoms with Crippen LogP contribution in [-0.2, 0) is 11.3 Å². The minimum atomic E-state index is -0.488. The maximum absolute atomic E-state index is 12.9. The van der Waals surface area contributed by atoms with E-state index in [4.69, 9.17) is 14.5 Å². The van der Waals surface area contributed by atoms with Crippen LogP contribution in [0.1, 0.15) is 45.6 Å². The number of nitrogens with zero attached hydrogens (tertiary/aromatic N) is 3. The Balaban J connectivity index is 1.37. The molecule has 0 aliphatic carbocycles. The fourth-order valence-corrected chi connectivity index (χ4v) is 6.43. The van der Waals surface area contributed by atoms with E-state index in [1.54, 1.807) is 11.3 Å². The van der Waals surface area contributed by atoms with Gasteiger partial charge in [0, 0.05) is 17.6 Å². The van der Waals surface area contributed by atoms with E-state index in [-0.39, 0.29) is 18.2 Å². The summed E-state index contributed by atoms with van der Waals surface area (Å²) in [6.07, 6.45) is 2.94.